The number of benzene rings is 1. The highest BCUT2D eigenvalue weighted by Crippen LogP contribution is 2.25. The largest absolute Gasteiger partial charge is 0.459 e. The van der Waals surface area contributed by atoms with E-state index in [1.165, 1.54) is 28.8 Å². The summed E-state index contributed by atoms with van der Waals surface area (Å²) in [5.41, 5.74) is 0. The second-order valence-corrected chi connectivity index (χ2v) is 8.89. The fraction of sp³-hybridized carbons (Fsp3) is 0.353. The zero-order chi connectivity index (χ0) is 19.4. The van der Waals surface area contributed by atoms with Gasteiger partial charge < -0.3 is 9.73 Å². The number of rotatable bonds is 6. The van der Waals surface area contributed by atoms with Crippen LogP contribution in [0.2, 0.25) is 10.0 Å². The number of piperazine rings is 1. The molecule has 2 aromatic rings. The maximum absolute atomic E-state index is 12.8. The van der Waals surface area contributed by atoms with Gasteiger partial charge in [-0.15, -0.1) is 0 Å². The lowest BCUT2D eigenvalue weighted by Crippen LogP contribution is -2.50. The van der Waals surface area contributed by atoms with E-state index in [1.807, 2.05) is 0 Å². The number of carbonyl (C=O) groups is 1. The highest BCUT2D eigenvalue weighted by Gasteiger charge is 2.28. The van der Waals surface area contributed by atoms with E-state index < -0.39 is 10.0 Å². The van der Waals surface area contributed by atoms with E-state index in [9.17, 15) is 13.2 Å². The van der Waals surface area contributed by atoms with E-state index in [-0.39, 0.29) is 26.6 Å². The lowest BCUT2D eigenvalue weighted by Gasteiger charge is -2.34. The summed E-state index contributed by atoms with van der Waals surface area (Å²) in [4.78, 5) is 14.0. The van der Waals surface area contributed by atoms with Gasteiger partial charge in [0.15, 0.2) is 5.76 Å². The molecule has 0 atom stereocenters. The van der Waals surface area contributed by atoms with Crippen molar-refractivity contribution < 1.29 is 17.6 Å². The summed E-state index contributed by atoms with van der Waals surface area (Å²) in [5, 5.41) is 3.35. The van der Waals surface area contributed by atoms with Gasteiger partial charge >= 0.3 is 0 Å². The molecule has 0 aliphatic carbocycles. The Hall–Kier alpha value is -1.58. The molecule has 0 bridgehead atoms. The van der Waals surface area contributed by atoms with Crippen LogP contribution in [0.5, 0.6) is 0 Å². The summed E-state index contributed by atoms with van der Waals surface area (Å²) in [6, 6.07) is 7.55. The van der Waals surface area contributed by atoms with E-state index in [1.54, 1.807) is 12.1 Å². The van der Waals surface area contributed by atoms with Gasteiger partial charge in [-0.05, 0) is 30.3 Å². The third-order valence-corrected chi connectivity index (χ3v) is 6.58. The number of hydrogen-bond donors (Lipinski definition) is 1. The average molecular weight is 432 g/mol. The van der Waals surface area contributed by atoms with E-state index in [4.69, 9.17) is 27.6 Å². The normalized spacial score (nSPS) is 16.4. The first-order valence-corrected chi connectivity index (χ1v) is 10.6. The molecule has 1 aliphatic heterocycles. The van der Waals surface area contributed by atoms with Gasteiger partial charge in [-0.1, -0.05) is 23.2 Å². The molecule has 1 aliphatic rings. The minimum absolute atomic E-state index is 0.0964. The second kappa shape index (κ2) is 8.62. The zero-order valence-corrected chi connectivity index (χ0v) is 16.7. The predicted molar refractivity (Wildman–Crippen MR) is 103 cm³/mol. The topological polar surface area (TPSA) is 82.9 Å². The molecule has 3 rings (SSSR count). The smallest absolute Gasteiger partial charge is 0.287 e. The summed E-state index contributed by atoms with van der Waals surface area (Å²) < 4.78 is 32.0. The van der Waals surface area contributed by atoms with Gasteiger partial charge in [-0.25, -0.2) is 8.42 Å². The molecule has 7 nitrogen and oxygen atoms in total. The van der Waals surface area contributed by atoms with Gasteiger partial charge in [0.1, 0.15) is 0 Å². The zero-order valence-electron chi connectivity index (χ0n) is 14.4. The Bertz CT molecular complexity index is 875. The minimum Gasteiger partial charge on any atom is -0.459 e. The molecule has 1 fully saturated rings. The van der Waals surface area contributed by atoms with Gasteiger partial charge in [0.2, 0.25) is 10.0 Å². The molecule has 10 heteroatoms. The number of sulfonamides is 1. The molecule has 1 N–H and O–H groups in total. The number of carbonyl (C=O) groups excluding carboxylic acids is 1. The highest BCUT2D eigenvalue weighted by atomic mass is 35.5. The van der Waals surface area contributed by atoms with Crippen molar-refractivity contribution in [3.63, 3.8) is 0 Å². The molecule has 0 unspecified atom stereocenters. The van der Waals surface area contributed by atoms with Crippen LogP contribution in [0, 0.1) is 0 Å². The molecule has 1 saturated heterocycles. The van der Waals surface area contributed by atoms with Crippen molar-refractivity contribution in [2.75, 3.05) is 39.3 Å². The molecule has 27 heavy (non-hydrogen) atoms. The Balaban J connectivity index is 1.50. The number of furan rings is 1. The lowest BCUT2D eigenvalue weighted by atomic mass is 10.3. The molecule has 2 heterocycles. The van der Waals surface area contributed by atoms with E-state index in [0.717, 1.165) is 0 Å². The number of nitrogens with zero attached hydrogens (tertiary/aromatic N) is 2. The molecule has 1 aromatic carbocycles. The summed E-state index contributed by atoms with van der Waals surface area (Å²) in [5.74, 6) is 0.00476. The van der Waals surface area contributed by atoms with Crippen LogP contribution in [0.1, 0.15) is 10.6 Å². The Morgan fingerprint density at radius 1 is 1.11 bits per heavy atom. The van der Waals surface area contributed by atoms with Gasteiger partial charge in [0, 0.05) is 49.3 Å². The highest BCUT2D eigenvalue weighted by molar-refractivity contribution is 7.89. The first-order chi connectivity index (χ1) is 12.9. The quantitative estimate of drug-likeness (QED) is 0.758. The number of halogens is 2. The van der Waals surface area contributed by atoms with E-state index >= 15 is 0 Å². The van der Waals surface area contributed by atoms with Crippen LogP contribution in [-0.4, -0.2) is 62.8 Å². The van der Waals surface area contributed by atoms with Crippen molar-refractivity contribution >= 4 is 39.1 Å². The Labute approximate surface area is 167 Å². The van der Waals surface area contributed by atoms with Gasteiger partial charge in [0.25, 0.3) is 5.91 Å². The van der Waals surface area contributed by atoms with Crippen LogP contribution >= 0.6 is 23.2 Å². The lowest BCUT2D eigenvalue weighted by molar-refractivity contribution is 0.0917. The number of nitrogens with one attached hydrogen (secondary N) is 1. The fourth-order valence-corrected chi connectivity index (χ4v) is 4.99. The van der Waals surface area contributed by atoms with Crippen molar-refractivity contribution in [3.05, 3.63) is 52.4 Å². The Kier molecular flexibility index (Phi) is 6.44. The third kappa shape index (κ3) is 5.03. The van der Waals surface area contributed by atoms with Crippen molar-refractivity contribution in [1.82, 2.24) is 14.5 Å². The summed E-state index contributed by atoms with van der Waals surface area (Å²) >= 11 is 11.8. The molecular weight excluding hydrogens is 413 g/mol. The monoisotopic (exact) mass is 431 g/mol. The van der Waals surface area contributed by atoms with Crippen molar-refractivity contribution in [1.29, 1.82) is 0 Å². The fourth-order valence-electron chi connectivity index (χ4n) is 2.84. The molecule has 146 valence electrons. The second-order valence-electron chi connectivity index (χ2n) is 6.08. The first kappa shape index (κ1) is 20.2. The summed E-state index contributed by atoms with van der Waals surface area (Å²) in [7, 11) is -3.64. The van der Waals surface area contributed by atoms with Crippen LogP contribution in [-0.2, 0) is 10.0 Å². The summed E-state index contributed by atoms with van der Waals surface area (Å²) in [6.45, 7) is 2.95. The average Bonchev–Trinajstić information content (AvgIpc) is 3.16. The maximum Gasteiger partial charge on any atom is 0.287 e. The standard InChI is InChI=1S/C17H19Cl2N3O4S/c18-13-10-14(19)12-15(11-13)27(24,25)22-7-5-21(6-8-22)4-3-20-17(23)16-2-1-9-26-16/h1-2,9-12H,3-8H2,(H,20,23). The predicted octanol–water partition coefficient (Wildman–Crippen LogP) is 2.32. The van der Waals surface area contributed by atoms with Crippen LogP contribution in [0.15, 0.2) is 45.9 Å². The first-order valence-electron chi connectivity index (χ1n) is 8.36. The van der Waals surface area contributed by atoms with E-state index in [0.29, 0.717) is 39.3 Å². The molecule has 1 amide bonds. The molecule has 1 aromatic heterocycles. The van der Waals surface area contributed by atoms with Gasteiger partial charge in [-0.2, -0.15) is 4.31 Å². The molecule has 0 saturated carbocycles. The van der Waals surface area contributed by atoms with Crippen molar-refractivity contribution in [3.8, 4) is 0 Å². The Morgan fingerprint density at radius 3 is 2.37 bits per heavy atom. The van der Waals surface area contributed by atoms with Gasteiger partial charge in [-0.3, -0.25) is 9.69 Å². The molecule has 0 spiro atoms. The van der Waals surface area contributed by atoms with Crippen LogP contribution < -0.4 is 5.32 Å². The van der Waals surface area contributed by atoms with E-state index in [2.05, 4.69) is 10.2 Å². The van der Waals surface area contributed by atoms with Crippen molar-refractivity contribution in [2.24, 2.45) is 0 Å². The molecule has 0 radical (unpaired) electrons. The Morgan fingerprint density at radius 2 is 1.78 bits per heavy atom. The SMILES string of the molecule is O=C(NCCN1CCN(S(=O)(=O)c2cc(Cl)cc(Cl)c2)CC1)c1ccco1. The maximum atomic E-state index is 12.8. The minimum atomic E-state index is -3.64. The number of amides is 1. The third-order valence-electron chi connectivity index (χ3n) is 4.26. The van der Waals surface area contributed by atoms with Crippen LogP contribution in [0.3, 0.4) is 0 Å². The molecular formula is C17H19Cl2N3O4S. The van der Waals surface area contributed by atoms with Gasteiger partial charge in [0.05, 0.1) is 11.2 Å². The van der Waals surface area contributed by atoms with Crippen molar-refractivity contribution in [2.45, 2.75) is 4.90 Å². The number of hydrogen-bond acceptors (Lipinski definition) is 5. The summed E-state index contributed by atoms with van der Waals surface area (Å²) in [6.07, 6.45) is 1.45. The van der Waals surface area contributed by atoms with Crippen LogP contribution in [0.4, 0.5) is 0 Å². The van der Waals surface area contributed by atoms with Crippen LogP contribution in [0.25, 0.3) is 0 Å².